The molecular formula is C8H7ClN2O. The number of hydrogen-bond donors (Lipinski definition) is 0. The van der Waals surface area contributed by atoms with Crippen LogP contribution in [0.5, 0.6) is 0 Å². The van der Waals surface area contributed by atoms with Gasteiger partial charge in [0.05, 0.1) is 6.07 Å². The maximum atomic E-state index is 10.9. The highest BCUT2D eigenvalue weighted by Gasteiger charge is 2.02. The standard InChI is InChI=1S/C8H7ClN2O/c9-8-4-3-7(2-1-5-10)6-11(8)12/h3-4,6H,1-2H2. The number of nitrogens with zero attached hydrogens (tertiary/aromatic N) is 2. The van der Waals surface area contributed by atoms with E-state index in [4.69, 9.17) is 16.9 Å². The molecule has 0 radical (unpaired) electrons. The topological polar surface area (TPSA) is 50.7 Å². The monoisotopic (exact) mass is 182 g/mol. The van der Waals surface area contributed by atoms with Crippen LogP contribution in [0.25, 0.3) is 0 Å². The van der Waals surface area contributed by atoms with Gasteiger partial charge in [-0.2, -0.15) is 9.99 Å². The predicted octanol–water partition coefficient (Wildman–Crippen LogP) is 1.43. The number of halogens is 1. The Labute approximate surface area is 75.4 Å². The van der Waals surface area contributed by atoms with Crippen LogP contribution < -0.4 is 4.73 Å². The molecule has 1 aromatic heterocycles. The first kappa shape index (κ1) is 8.82. The SMILES string of the molecule is N#CCCc1ccc(Cl)[n+]([O-])c1. The fourth-order valence-electron chi connectivity index (χ4n) is 0.853. The van der Waals surface area contributed by atoms with Crippen LogP contribution >= 0.6 is 11.6 Å². The summed E-state index contributed by atoms with van der Waals surface area (Å²) >= 11 is 5.50. The van der Waals surface area contributed by atoms with Gasteiger partial charge in [-0.05, 0) is 24.1 Å². The summed E-state index contributed by atoms with van der Waals surface area (Å²) in [5.41, 5.74) is 0.830. The Bertz CT molecular complexity index is 319. The molecule has 0 aliphatic carbocycles. The quantitative estimate of drug-likeness (QED) is 0.395. The van der Waals surface area contributed by atoms with Crippen molar-refractivity contribution < 1.29 is 4.73 Å². The first-order valence-corrected chi connectivity index (χ1v) is 3.86. The molecule has 1 aromatic rings. The summed E-state index contributed by atoms with van der Waals surface area (Å²) in [6.45, 7) is 0. The first-order valence-electron chi connectivity index (χ1n) is 3.48. The van der Waals surface area contributed by atoms with Gasteiger partial charge in [-0.1, -0.05) is 0 Å². The largest absolute Gasteiger partial charge is 0.618 e. The second kappa shape index (κ2) is 3.93. The molecule has 0 aromatic carbocycles. The van der Waals surface area contributed by atoms with Crippen molar-refractivity contribution in [2.75, 3.05) is 0 Å². The normalized spacial score (nSPS) is 9.33. The molecule has 12 heavy (non-hydrogen) atoms. The van der Waals surface area contributed by atoms with E-state index in [-0.39, 0.29) is 5.15 Å². The lowest BCUT2D eigenvalue weighted by molar-refractivity contribution is -0.603. The van der Waals surface area contributed by atoms with Crippen molar-refractivity contribution in [1.82, 2.24) is 0 Å². The van der Waals surface area contributed by atoms with Crippen LogP contribution in [0.3, 0.4) is 0 Å². The van der Waals surface area contributed by atoms with Crippen molar-refractivity contribution in [1.29, 1.82) is 5.26 Å². The van der Waals surface area contributed by atoms with E-state index in [1.54, 1.807) is 6.07 Å². The van der Waals surface area contributed by atoms with Crippen molar-refractivity contribution in [2.24, 2.45) is 0 Å². The zero-order valence-electron chi connectivity index (χ0n) is 6.33. The molecule has 1 heterocycles. The highest BCUT2D eigenvalue weighted by Crippen LogP contribution is 2.04. The van der Waals surface area contributed by atoms with E-state index in [0.29, 0.717) is 17.6 Å². The van der Waals surface area contributed by atoms with Gasteiger partial charge in [0.15, 0.2) is 6.20 Å². The first-order chi connectivity index (χ1) is 5.74. The van der Waals surface area contributed by atoms with Gasteiger partial charge in [0, 0.05) is 18.1 Å². The molecule has 0 amide bonds. The molecular weight excluding hydrogens is 176 g/mol. The molecule has 0 bridgehead atoms. The summed E-state index contributed by atoms with van der Waals surface area (Å²) in [5.74, 6) is 0. The highest BCUT2D eigenvalue weighted by atomic mass is 35.5. The lowest BCUT2D eigenvalue weighted by Gasteiger charge is -1.99. The molecule has 0 aliphatic rings. The average molecular weight is 183 g/mol. The number of aryl methyl sites for hydroxylation is 1. The number of pyridine rings is 1. The highest BCUT2D eigenvalue weighted by molar-refractivity contribution is 6.28. The molecule has 0 aliphatic heterocycles. The van der Waals surface area contributed by atoms with Crippen molar-refractivity contribution in [2.45, 2.75) is 12.8 Å². The number of nitriles is 1. The maximum absolute atomic E-state index is 10.9. The molecule has 62 valence electrons. The molecule has 0 unspecified atom stereocenters. The third-order valence-corrected chi connectivity index (χ3v) is 1.75. The zero-order chi connectivity index (χ0) is 8.97. The van der Waals surface area contributed by atoms with E-state index in [1.807, 2.05) is 6.07 Å². The van der Waals surface area contributed by atoms with Gasteiger partial charge in [-0.3, -0.25) is 0 Å². The maximum Gasteiger partial charge on any atom is 0.286 e. The van der Waals surface area contributed by atoms with Gasteiger partial charge in [0.25, 0.3) is 5.15 Å². The van der Waals surface area contributed by atoms with Crippen molar-refractivity contribution in [3.63, 3.8) is 0 Å². The van der Waals surface area contributed by atoms with Crippen molar-refractivity contribution in [3.05, 3.63) is 34.3 Å². The Kier molecular flexibility index (Phi) is 2.89. The third-order valence-electron chi connectivity index (χ3n) is 1.45. The van der Waals surface area contributed by atoms with E-state index in [9.17, 15) is 5.21 Å². The van der Waals surface area contributed by atoms with E-state index in [2.05, 4.69) is 0 Å². The molecule has 0 fully saturated rings. The number of hydrogen-bond acceptors (Lipinski definition) is 2. The predicted molar refractivity (Wildman–Crippen MR) is 44.3 cm³/mol. The van der Waals surface area contributed by atoms with E-state index < -0.39 is 0 Å². The summed E-state index contributed by atoms with van der Waals surface area (Å²) in [4.78, 5) is 0. The second-order valence-electron chi connectivity index (χ2n) is 2.34. The molecule has 0 atom stereocenters. The van der Waals surface area contributed by atoms with E-state index in [1.165, 1.54) is 12.3 Å². The molecule has 3 nitrogen and oxygen atoms in total. The minimum Gasteiger partial charge on any atom is -0.618 e. The Balaban J connectivity index is 2.77. The molecule has 0 saturated carbocycles. The number of rotatable bonds is 2. The van der Waals surface area contributed by atoms with Gasteiger partial charge in [0.1, 0.15) is 0 Å². The Hall–Kier alpha value is -1.27. The molecule has 1 rings (SSSR count). The van der Waals surface area contributed by atoms with Crippen molar-refractivity contribution in [3.8, 4) is 6.07 Å². The lowest BCUT2D eigenvalue weighted by atomic mass is 10.2. The molecule has 4 heteroatoms. The number of aromatic nitrogens is 1. The summed E-state index contributed by atoms with van der Waals surface area (Å²) in [6.07, 6.45) is 2.40. The van der Waals surface area contributed by atoms with Crippen LogP contribution in [0.15, 0.2) is 18.3 Å². The van der Waals surface area contributed by atoms with Gasteiger partial charge in [-0.25, -0.2) is 0 Å². The van der Waals surface area contributed by atoms with Crippen LogP contribution in [-0.4, -0.2) is 0 Å². The Morgan fingerprint density at radius 2 is 2.33 bits per heavy atom. The van der Waals surface area contributed by atoms with E-state index >= 15 is 0 Å². The Morgan fingerprint density at radius 3 is 2.92 bits per heavy atom. The lowest BCUT2D eigenvalue weighted by Crippen LogP contribution is -2.27. The molecule has 0 N–H and O–H groups in total. The zero-order valence-corrected chi connectivity index (χ0v) is 7.08. The minimum atomic E-state index is 0.149. The molecule has 0 spiro atoms. The summed E-state index contributed by atoms with van der Waals surface area (Å²) in [7, 11) is 0. The van der Waals surface area contributed by atoms with Gasteiger partial charge >= 0.3 is 0 Å². The smallest absolute Gasteiger partial charge is 0.286 e. The van der Waals surface area contributed by atoms with Crippen LogP contribution in [0.1, 0.15) is 12.0 Å². The fraction of sp³-hybridized carbons (Fsp3) is 0.250. The van der Waals surface area contributed by atoms with Gasteiger partial charge in [0.2, 0.25) is 0 Å². The van der Waals surface area contributed by atoms with Crippen LogP contribution in [0, 0.1) is 16.5 Å². The summed E-state index contributed by atoms with van der Waals surface area (Å²) in [5, 5.41) is 19.3. The second-order valence-corrected chi connectivity index (χ2v) is 2.73. The fourth-order valence-corrected chi connectivity index (χ4v) is 0.964. The average Bonchev–Trinajstić information content (AvgIpc) is 2.07. The summed E-state index contributed by atoms with van der Waals surface area (Å²) < 4.78 is 0.592. The van der Waals surface area contributed by atoms with Gasteiger partial charge in [-0.15, -0.1) is 0 Å². The van der Waals surface area contributed by atoms with Crippen LogP contribution in [0.2, 0.25) is 5.15 Å². The minimum absolute atomic E-state index is 0.149. The van der Waals surface area contributed by atoms with Crippen LogP contribution in [-0.2, 0) is 6.42 Å². The van der Waals surface area contributed by atoms with Gasteiger partial charge < -0.3 is 5.21 Å². The summed E-state index contributed by atoms with van der Waals surface area (Å²) in [6, 6.07) is 5.28. The van der Waals surface area contributed by atoms with E-state index in [0.717, 1.165) is 5.56 Å². The Morgan fingerprint density at radius 1 is 1.58 bits per heavy atom. The molecule has 0 saturated heterocycles. The third kappa shape index (κ3) is 2.11. The van der Waals surface area contributed by atoms with Crippen LogP contribution in [0.4, 0.5) is 0 Å². The van der Waals surface area contributed by atoms with Crippen molar-refractivity contribution >= 4 is 11.6 Å².